The lowest BCUT2D eigenvalue weighted by Crippen LogP contribution is -2.00. The fourth-order valence-electron chi connectivity index (χ4n) is 2.22. The lowest BCUT2D eigenvalue weighted by molar-refractivity contribution is 0.296. The zero-order valence-corrected chi connectivity index (χ0v) is 15.6. The highest BCUT2D eigenvalue weighted by atomic mass is 32.2. The maximum absolute atomic E-state index is 13.2. The number of rotatable bonds is 8. The van der Waals surface area contributed by atoms with Gasteiger partial charge in [0.2, 0.25) is 0 Å². The van der Waals surface area contributed by atoms with Crippen molar-refractivity contribution in [2.75, 3.05) is 17.7 Å². The second-order valence-electron chi connectivity index (χ2n) is 5.67. The molecule has 0 aliphatic rings. The van der Waals surface area contributed by atoms with Gasteiger partial charge < -0.3 is 15.2 Å². The van der Waals surface area contributed by atoms with E-state index in [0.717, 1.165) is 10.6 Å². The minimum atomic E-state index is -0.348. The number of aromatic nitrogens is 2. The van der Waals surface area contributed by atoms with Crippen LogP contribution in [0.25, 0.3) is 0 Å². The van der Waals surface area contributed by atoms with Crippen molar-refractivity contribution in [3.8, 4) is 17.6 Å². The maximum Gasteiger partial charge on any atom is 0.175 e. The van der Waals surface area contributed by atoms with Crippen LogP contribution in [-0.4, -0.2) is 27.4 Å². The van der Waals surface area contributed by atoms with Crippen molar-refractivity contribution in [1.82, 2.24) is 9.97 Å². The molecule has 0 saturated heterocycles. The standard InChI is InChI=1S/C20H17FN4O2S/c21-15-3-5-16(6-4-15)27-18-10-17(28-9-1-8-26)13-24-20(18)25-19-7-2-14(11-22)12-23-19/h2-7,10,12-13,26H,1,8-9H2,(H,23,24,25). The van der Waals surface area contributed by atoms with E-state index >= 15 is 0 Å². The van der Waals surface area contributed by atoms with E-state index in [-0.39, 0.29) is 12.4 Å². The number of nitrogens with zero attached hydrogens (tertiary/aromatic N) is 3. The SMILES string of the molecule is N#Cc1ccc(Nc2ncc(SCCCO)cc2Oc2ccc(F)cc2)nc1. The Kier molecular flexibility index (Phi) is 6.78. The Balaban J connectivity index is 1.85. The fourth-order valence-corrected chi connectivity index (χ4v) is 3.04. The van der Waals surface area contributed by atoms with Crippen molar-refractivity contribution < 1.29 is 14.2 Å². The topological polar surface area (TPSA) is 91.1 Å². The van der Waals surface area contributed by atoms with Crippen LogP contribution in [0.3, 0.4) is 0 Å². The van der Waals surface area contributed by atoms with E-state index < -0.39 is 0 Å². The van der Waals surface area contributed by atoms with Crippen molar-refractivity contribution >= 4 is 23.4 Å². The third-order valence-electron chi connectivity index (χ3n) is 3.58. The number of aliphatic hydroxyl groups is 1. The van der Waals surface area contributed by atoms with Gasteiger partial charge in [-0.25, -0.2) is 14.4 Å². The maximum atomic E-state index is 13.2. The number of hydrogen-bond donors (Lipinski definition) is 2. The van der Waals surface area contributed by atoms with E-state index in [0.29, 0.717) is 35.1 Å². The van der Waals surface area contributed by atoms with Gasteiger partial charge in [-0.05, 0) is 48.9 Å². The molecule has 2 heterocycles. The summed E-state index contributed by atoms with van der Waals surface area (Å²) in [6.45, 7) is 0.128. The summed E-state index contributed by atoms with van der Waals surface area (Å²) < 4.78 is 19.1. The van der Waals surface area contributed by atoms with E-state index in [1.54, 1.807) is 30.1 Å². The van der Waals surface area contributed by atoms with Gasteiger partial charge in [0.05, 0.1) is 5.56 Å². The average molecular weight is 396 g/mol. The second-order valence-corrected chi connectivity index (χ2v) is 6.84. The molecule has 0 spiro atoms. The summed E-state index contributed by atoms with van der Waals surface area (Å²) in [6.07, 6.45) is 3.83. The van der Waals surface area contributed by atoms with E-state index in [2.05, 4.69) is 15.3 Å². The summed E-state index contributed by atoms with van der Waals surface area (Å²) in [5.41, 5.74) is 0.455. The van der Waals surface area contributed by atoms with Gasteiger partial charge in [-0.15, -0.1) is 11.8 Å². The van der Waals surface area contributed by atoms with Gasteiger partial charge in [-0.3, -0.25) is 0 Å². The van der Waals surface area contributed by atoms with Crippen LogP contribution >= 0.6 is 11.8 Å². The van der Waals surface area contributed by atoms with Crippen molar-refractivity contribution in [2.24, 2.45) is 0 Å². The normalized spacial score (nSPS) is 10.3. The zero-order chi connectivity index (χ0) is 19.8. The van der Waals surface area contributed by atoms with E-state index in [9.17, 15) is 4.39 Å². The molecule has 2 aromatic heterocycles. The number of nitrogens with one attached hydrogen (secondary N) is 1. The van der Waals surface area contributed by atoms with Crippen LogP contribution in [0.1, 0.15) is 12.0 Å². The molecule has 3 rings (SSSR count). The third kappa shape index (κ3) is 5.42. The van der Waals surface area contributed by atoms with E-state index in [1.165, 1.54) is 30.5 Å². The summed E-state index contributed by atoms with van der Waals surface area (Å²) in [6, 6.07) is 12.9. The largest absolute Gasteiger partial charge is 0.453 e. The highest BCUT2D eigenvalue weighted by Gasteiger charge is 2.11. The number of pyridine rings is 2. The third-order valence-corrected chi connectivity index (χ3v) is 4.63. The number of thioether (sulfide) groups is 1. The first-order valence-electron chi connectivity index (χ1n) is 8.48. The molecule has 2 N–H and O–H groups in total. The Hall–Kier alpha value is -3.15. The number of halogens is 1. The highest BCUT2D eigenvalue weighted by molar-refractivity contribution is 7.99. The highest BCUT2D eigenvalue weighted by Crippen LogP contribution is 2.33. The van der Waals surface area contributed by atoms with Crippen LogP contribution in [0.5, 0.6) is 11.5 Å². The number of ether oxygens (including phenoxy) is 1. The molecule has 8 heteroatoms. The minimum absolute atomic E-state index is 0.128. The van der Waals surface area contributed by atoms with Gasteiger partial charge in [0, 0.05) is 29.6 Å². The molecule has 28 heavy (non-hydrogen) atoms. The predicted molar refractivity (Wildman–Crippen MR) is 105 cm³/mol. The van der Waals surface area contributed by atoms with Crippen LogP contribution in [0.15, 0.2) is 59.8 Å². The molecule has 0 unspecified atom stereocenters. The summed E-state index contributed by atoms with van der Waals surface area (Å²) in [4.78, 5) is 9.46. The molecule has 6 nitrogen and oxygen atoms in total. The quantitative estimate of drug-likeness (QED) is 0.428. The molecule has 0 saturated carbocycles. The van der Waals surface area contributed by atoms with Crippen molar-refractivity contribution in [3.05, 3.63) is 66.2 Å². The number of benzene rings is 1. The Bertz CT molecular complexity index is 959. The predicted octanol–water partition coefficient (Wildman–Crippen LogP) is 4.50. The molecule has 1 aromatic carbocycles. The molecule has 0 amide bonds. The van der Waals surface area contributed by atoms with Crippen LogP contribution in [-0.2, 0) is 0 Å². The molecule has 3 aromatic rings. The van der Waals surface area contributed by atoms with E-state index in [1.807, 2.05) is 12.1 Å². The molecule has 142 valence electrons. The number of aliphatic hydroxyl groups excluding tert-OH is 1. The summed E-state index contributed by atoms with van der Waals surface area (Å²) in [7, 11) is 0. The average Bonchev–Trinajstić information content (AvgIpc) is 2.72. The summed E-state index contributed by atoms with van der Waals surface area (Å²) in [5, 5.41) is 20.9. The lowest BCUT2D eigenvalue weighted by atomic mass is 10.3. The Labute approximate surface area is 166 Å². The van der Waals surface area contributed by atoms with Gasteiger partial charge in [0.1, 0.15) is 23.5 Å². The minimum Gasteiger partial charge on any atom is -0.453 e. The van der Waals surface area contributed by atoms with Gasteiger partial charge >= 0.3 is 0 Å². The summed E-state index contributed by atoms with van der Waals surface area (Å²) >= 11 is 1.55. The molecular weight excluding hydrogens is 379 g/mol. The van der Waals surface area contributed by atoms with Crippen LogP contribution in [0.4, 0.5) is 16.0 Å². The smallest absolute Gasteiger partial charge is 0.175 e. The van der Waals surface area contributed by atoms with Gasteiger partial charge in [-0.1, -0.05) is 0 Å². The van der Waals surface area contributed by atoms with Crippen LogP contribution in [0.2, 0.25) is 0 Å². The van der Waals surface area contributed by atoms with Crippen molar-refractivity contribution in [2.45, 2.75) is 11.3 Å². The molecule has 0 aliphatic carbocycles. The van der Waals surface area contributed by atoms with Crippen molar-refractivity contribution in [1.29, 1.82) is 5.26 Å². The Morgan fingerprint density at radius 2 is 1.96 bits per heavy atom. The number of nitriles is 1. The Morgan fingerprint density at radius 1 is 1.14 bits per heavy atom. The molecule has 0 radical (unpaired) electrons. The first kappa shape index (κ1) is 19.6. The van der Waals surface area contributed by atoms with Crippen LogP contribution in [0, 0.1) is 17.1 Å². The zero-order valence-electron chi connectivity index (χ0n) is 14.8. The summed E-state index contributed by atoms with van der Waals surface area (Å²) in [5.74, 6) is 2.27. The van der Waals surface area contributed by atoms with Gasteiger partial charge in [0.15, 0.2) is 11.6 Å². The molecule has 0 aliphatic heterocycles. The Morgan fingerprint density at radius 3 is 2.64 bits per heavy atom. The lowest BCUT2D eigenvalue weighted by Gasteiger charge is -2.13. The molecule has 0 fully saturated rings. The molecule has 0 bridgehead atoms. The van der Waals surface area contributed by atoms with Gasteiger partial charge in [-0.2, -0.15) is 5.26 Å². The van der Waals surface area contributed by atoms with E-state index in [4.69, 9.17) is 15.1 Å². The molecular formula is C20H17FN4O2S. The first-order chi connectivity index (χ1) is 13.7. The molecule has 0 atom stereocenters. The first-order valence-corrected chi connectivity index (χ1v) is 9.47. The van der Waals surface area contributed by atoms with Gasteiger partial charge in [0.25, 0.3) is 0 Å². The fraction of sp³-hybridized carbons (Fsp3) is 0.150. The monoisotopic (exact) mass is 396 g/mol. The second kappa shape index (κ2) is 9.69. The number of anilines is 2. The van der Waals surface area contributed by atoms with Crippen molar-refractivity contribution in [3.63, 3.8) is 0 Å². The number of hydrogen-bond acceptors (Lipinski definition) is 7. The van der Waals surface area contributed by atoms with Crippen LogP contribution < -0.4 is 10.1 Å².